The number of halogens is 2. The smallest absolute Gasteiger partial charge is 0.127 e. The summed E-state index contributed by atoms with van der Waals surface area (Å²) in [7, 11) is 0. The van der Waals surface area contributed by atoms with E-state index in [4.69, 9.17) is 27.6 Å². The van der Waals surface area contributed by atoms with E-state index in [0.717, 1.165) is 21.8 Å². The lowest BCUT2D eigenvalue weighted by Gasteiger charge is -1.91. The summed E-state index contributed by atoms with van der Waals surface area (Å²) in [5, 5.41) is 2.87. The highest BCUT2D eigenvalue weighted by Gasteiger charge is 2.13. The topological polar surface area (TPSA) is 26.0 Å². The van der Waals surface area contributed by atoms with Crippen LogP contribution in [-0.2, 0) is 0 Å². The molecule has 0 saturated heterocycles. The summed E-state index contributed by atoms with van der Waals surface area (Å²) in [6.07, 6.45) is 3.30. The molecule has 0 unspecified atom stereocenters. The third kappa shape index (κ3) is 2.13. The van der Waals surface area contributed by atoms with Crippen molar-refractivity contribution in [2.45, 2.75) is 0 Å². The Hall–Kier alpha value is -0.810. The maximum Gasteiger partial charge on any atom is 0.127 e. The van der Waals surface area contributed by atoms with Gasteiger partial charge in [-0.05, 0) is 12.1 Å². The molecule has 17 heavy (non-hydrogen) atoms. The Kier molecular flexibility index (Phi) is 2.96. The minimum absolute atomic E-state index is 0.666. The van der Waals surface area contributed by atoms with Gasteiger partial charge in [0.15, 0.2) is 0 Å². The highest BCUT2D eigenvalue weighted by Crippen LogP contribution is 2.39. The third-order valence-electron chi connectivity index (χ3n) is 2.20. The summed E-state index contributed by atoms with van der Waals surface area (Å²) in [6.45, 7) is 0. The molecule has 0 fully saturated rings. The second kappa shape index (κ2) is 4.46. The Bertz CT molecular complexity index is 642. The molecule has 0 N–H and O–H groups in total. The van der Waals surface area contributed by atoms with Gasteiger partial charge in [0.1, 0.15) is 15.6 Å². The highest BCUT2D eigenvalue weighted by atomic mass is 35.5. The molecule has 0 saturated carbocycles. The van der Waals surface area contributed by atoms with Crippen LogP contribution in [0.25, 0.3) is 21.8 Å². The van der Waals surface area contributed by atoms with Gasteiger partial charge in [-0.2, -0.15) is 0 Å². The molecule has 3 heterocycles. The van der Waals surface area contributed by atoms with Crippen LogP contribution in [0.3, 0.4) is 0 Å². The Balaban J connectivity index is 2.03. The lowest BCUT2D eigenvalue weighted by molar-refractivity contribution is 0.568. The van der Waals surface area contributed by atoms with Crippen molar-refractivity contribution in [3.05, 3.63) is 38.7 Å². The third-order valence-corrected chi connectivity index (χ3v) is 4.58. The second-order valence-electron chi connectivity index (χ2n) is 3.29. The minimum Gasteiger partial charge on any atom is -0.472 e. The van der Waals surface area contributed by atoms with E-state index in [9.17, 15) is 0 Å². The van der Waals surface area contributed by atoms with E-state index in [-0.39, 0.29) is 0 Å². The van der Waals surface area contributed by atoms with Crippen LogP contribution in [0.5, 0.6) is 0 Å². The maximum absolute atomic E-state index is 6.09. The van der Waals surface area contributed by atoms with E-state index < -0.39 is 0 Å². The summed E-state index contributed by atoms with van der Waals surface area (Å²) in [5.74, 6) is 0. The van der Waals surface area contributed by atoms with Crippen molar-refractivity contribution >= 4 is 45.9 Å². The molecular formula is C11H5Cl2NOS2. The van der Waals surface area contributed by atoms with Crippen LogP contribution in [-0.4, -0.2) is 4.98 Å². The Morgan fingerprint density at radius 3 is 2.82 bits per heavy atom. The Labute approximate surface area is 115 Å². The molecule has 0 atom stereocenters. The molecular weight excluding hydrogens is 297 g/mol. The molecule has 3 aromatic heterocycles. The molecule has 0 aliphatic rings. The van der Waals surface area contributed by atoms with Crippen molar-refractivity contribution in [1.29, 1.82) is 0 Å². The molecule has 3 aromatic rings. The van der Waals surface area contributed by atoms with Gasteiger partial charge in [0.05, 0.1) is 16.3 Å². The minimum atomic E-state index is 0.666. The normalized spacial score (nSPS) is 10.9. The average Bonchev–Trinajstić information content (AvgIpc) is 2.97. The number of rotatable bonds is 2. The van der Waals surface area contributed by atoms with Gasteiger partial charge in [-0.3, -0.25) is 0 Å². The Morgan fingerprint density at radius 2 is 2.18 bits per heavy atom. The number of thiazole rings is 1. The number of aromatic nitrogens is 1. The molecule has 0 aliphatic heterocycles. The number of furan rings is 1. The van der Waals surface area contributed by atoms with Crippen LogP contribution in [0.2, 0.25) is 8.67 Å². The van der Waals surface area contributed by atoms with Gasteiger partial charge in [-0.1, -0.05) is 23.2 Å². The summed E-state index contributed by atoms with van der Waals surface area (Å²) in [4.78, 5) is 4.52. The van der Waals surface area contributed by atoms with Gasteiger partial charge >= 0.3 is 0 Å². The number of thiophene rings is 1. The number of nitrogens with zero attached hydrogens (tertiary/aromatic N) is 1. The first kappa shape index (κ1) is 11.3. The SMILES string of the molecule is Clc1cc(-c2csc(-c3ccoc3)n2)c(Cl)s1. The largest absolute Gasteiger partial charge is 0.472 e. The van der Waals surface area contributed by atoms with Gasteiger partial charge in [0.2, 0.25) is 0 Å². The van der Waals surface area contributed by atoms with Gasteiger partial charge < -0.3 is 4.42 Å². The van der Waals surface area contributed by atoms with E-state index in [1.165, 1.54) is 11.3 Å². The molecule has 0 spiro atoms. The summed E-state index contributed by atoms with van der Waals surface area (Å²) in [5.41, 5.74) is 2.70. The van der Waals surface area contributed by atoms with Crippen LogP contribution in [0.1, 0.15) is 0 Å². The first-order valence-corrected chi connectivity index (χ1v) is 7.12. The zero-order valence-electron chi connectivity index (χ0n) is 8.31. The van der Waals surface area contributed by atoms with Gasteiger partial charge in [-0.25, -0.2) is 4.98 Å². The van der Waals surface area contributed by atoms with Crippen LogP contribution < -0.4 is 0 Å². The van der Waals surface area contributed by atoms with Gasteiger partial charge in [0.25, 0.3) is 0 Å². The van der Waals surface area contributed by atoms with E-state index in [2.05, 4.69) is 4.98 Å². The van der Waals surface area contributed by atoms with Crippen molar-refractivity contribution in [1.82, 2.24) is 4.98 Å². The fraction of sp³-hybridized carbons (Fsp3) is 0. The van der Waals surface area contributed by atoms with Crippen molar-refractivity contribution in [3.8, 4) is 21.8 Å². The quantitative estimate of drug-likeness (QED) is 0.630. The second-order valence-corrected chi connectivity index (χ2v) is 6.43. The maximum atomic E-state index is 6.09. The molecule has 0 amide bonds. The lowest BCUT2D eigenvalue weighted by atomic mass is 10.3. The fourth-order valence-electron chi connectivity index (χ4n) is 1.43. The molecule has 0 radical (unpaired) electrons. The fourth-order valence-corrected chi connectivity index (χ4v) is 3.72. The van der Waals surface area contributed by atoms with E-state index >= 15 is 0 Å². The van der Waals surface area contributed by atoms with Crippen molar-refractivity contribution in [2.24, 2.45) is 0 Å². The van der Waals surface area contributed by atoms with Gasteiger partial charge in [-0.15, -0.1) is 22.7 Å². The predicted molar refractivity (Wildman–Crippen MR) is 73.1 cm³/mol. The first-order chi connectivity index (χ1) is 8.24. The molecule has 0 bridgehead atoms. The molecule has 6 heteroatoms. The monoisotopic (exact) mass is 301 g/mol. The van der Waals surface area contributed by atoms with Crippen LogP contribution in [0.15, 0.2) is 34.5 Å². The lowest BCUT2D eigenvalue weighted by Crippen LogP contribution is -1.75. The zero-order valence-corrected chi connectivity index (χ0v) is 11.5. The van der Waals surface area contributed by atoms with Crippen molar-refractivity contribution in [3.63, 3.8) is 0 Å². The summed E-state index contributed by atoms with van der Waals surface area (Å²) in [6, 6.07) is 3.72. The predicted octanol–water partition coefficient (Wildman–Crippen LogP) is 5.44. The molecule has 2 nitrogen and oxygen atoms in total. The van der Waals surface area contributed by atoms with Crippen molar-refractivity contribution in [2.75, 3.05) is 0 Å². The molecule has 86 valence electrons. The van der Waals surface area contributed by atoms with Crippen LogP contribution in [0, 0.1) is 0 Å². The molecule has 0 aromatic carbocycles. The van der Waals surface area contributed by atoms with E-state index in [1.807, 2.05) is 17.5 Å². The molecule has 0 aliphatic carbocycles. The summed E-state index contributed by atoms with van der Waals surface area (Å²) < 4.78 is 6.37. The van der Waals surface area contributed by atoms with Crippen molar-refractivity contribution < 1.29 is 4.42 Å². The number of hydrogen-bond acceptors (Lipinski definition) is 4. The summed E-state index contributed by atoms with van der Waals surface area (Å²) >= 11 is 14.9. The van der Waals surface area contributed by atoms with E-state index in [0.29, 0.717) is 8.67 Å². The number of hydrogen-bond donors (Lipinski definition) is 0. The molecule has 3 rings (SSSR count). The Morgan fingerprint density at radius 1 is 1.29 bits per heavy atom. The van der Waals surface area contributed by atoms with Crippen LogP contribution >= 0.6 is 45.9 Å². The van der Waals surface area contributed by atoms with Crippen LogP contribution in [0.4, 0.5) is 0 Å². The van der Waals surface area contributed by atoms with Gasteiger partial charge in [0, 0.05) is 16.5 Å². The zero-order chi connectivity index (χ0) is 11.8. The highest BCUT2D eigenvalue weighted by molar-refractivity contribution is 7.20. The standard InChI is InChI=1S/C11H5Cl2NOS2/c12-9-3-7(10(13)17-9)8-5-16-11(14-8)6-1-2-15-4-6/h1-5H. The van der Waals surface area contributed by atoms with E-state index in [1.54, 1.807) is 23.9 Å². The average molecular weight is 302 g/mol. The first-order valence-electron chi connectivity index (χ1n) is 4.67.